The van der Waals surface area contributed by atoms with Gasteiger partial charge in [-0.25, -0.2) is 9.69 Å². The van der Waals surface area contributed by atoms with E-state index in [0.29, 0.717) is 0 Å². The number of hydrogen-bond acceptors (Lipinski definition) is 4. The van der Waals surface area contributed by atoms with Crippen molar-refractivity contribution in [3.63, 3.8) is 0 Å². The molecule has 6 nitrogen and oxygen atoms in total. The van der Waals surface area contributed by atoms with Gasteiger partial charge in [0.25, 0.3) is 5.91 Å². The van der Waals surface area contributed by atoms with Crippen molar-refractivity contribution < 1.29 is 14.3 Å². The summed E-state index contributed by atoms with van der Waals surface area (Å²) in [6, 6.07) is 24.7. The summed E-state index contributed by atoms with van der Waals surface area (Å²) in [4.78, 5) is 26.6. The van der Waals surface area contributed by atoms with E-state index in [1.807, 2.05) is 60.8 Å². The molecule has 1 N–H and O–H groups in total. The average Bonchev–Trinajstić information content (AvgIpc) is 3.17. The van der Waals surface area contributed by atoms with E-state index in [0.717, 1.165) is 32.7 Å². The van der Waals surface area contributed by atoms with Gasteiger partial charge in [0.2, 0.25) is 0 Å². The highest BCUT2D eigenvalue weighted by Gasteiger charge is 2.30. The maximum Gasteiger partial charge on any atom is 0.407 e. The molecule has 0 aliphatic heterocycles. The molecule has 33 heavy (non-hydrogen) atoms. The second-order valence-corrected chi connectivity index (χ2v) is 7.89. The number of rotatable bonds is 7. The Morgan fingerprint density at radius 2 is 1.55 bits per heavy atom. The number of nitrogens with zero attached hydrogens (tertiary/aromatic N) is 2. The minimum atomic E-state index is -0.900. The molecular formula is C27H25N3O3. The molecule has 6 heteroatoms. The standard InChI is InChI=1S/C27H25N3O3/c1-2-30(18-28)26(31)25(16-19-10-4-3-5-11-19)29-27(32)33-17-24-22-14-8-6-12-20(22)21-13-7-9-15-23(21)24/h3-15,24-25H,2,16-17H2,1H3,(H,29,32). The number of carbonyl (C=O) groups is 2. The van der Waals surface area contributed by atoms with Crippen LogP contribution < -0.4 is 5.32 Å². The fourth-order valence-corrected chi connectivity index (χ4v) is 4.30. The van der Waals surface area contributed by atoms with Gasteiger partial charge in [-0.2, -0.15) is 5.26 Å². The van der Waals surface area contributed by atoms with Gasteiger partial charge in [0.15, 0.2) is 6.19 Å². The fraction of sp³-hybridized carbons (Fsp3) is 0.222. The van der Waals surface area contributed by atoms with Crippen molar-refractivity contribution >= 4 is 12.0 Å². The summed E-state index contributed by atoms with van der Waals surface area (Å²) in [6.45, 7) is 2.10. The Hall–Kier alpha value is -4.11. The van der Waals surface area contributed by atoms with E-state index in [1.165, 1.54) is 0 Å². The van der Waals surface area contributed by atoms with E-state index >= 15 is 0 Å². The number of carbonyl (C=O) groups excluding carboxylic acids is 2. The van der Waals surface area contributed by atoms with Gasteiger partial charge in [-0.05, 0) is 34.7 Å². The normalized spacial score (nSPS) is 12.7. The summed E-state index contributed by atoms with van der Waals surface area (Å²) in [5.41, 5.74) is 5.40. The molecule has 0 radical (unpaired) electrons. The smallest absolute Gasteiger partial charge is 0.407 e. The summed E-state index contributed by atoms with van der Waals surface area (Å²) in [7, 11) is 0. The summed E-state index contributed by atoms with van der Waals surface area (Å²) in [5.74, 6) is -0.532. The zero-order chi connectivity index (χ0) is 23.2. The number of amides is 2. The van der Waals surface area contributed by atoms with Crippen molar-refractivity contribution in [1.29, 1.82) is 5.26 Å². The Morgan fingerprint density at radius 3 is 2.12 bits per heavy atom. The number of nitrogens with one attached hydrogen (secondary N) is 1. The third-order valence-electron chi connectivity index (χ3n) is 5.92. The van der Waals surface area contributed by atoms with Crippen molar-refractivity contribution in [3.05, 3.63) is 95.6 Å². The molecule has 0 aromatic heterocycles. The van der Waals surface area contributed by atoms with Crippen molar-refractivity contribution in [2.24, 2.45) is 0 Å². The molecule has 3 aromatic rings. The molecule has 0 heterocycles. The van der Waals surface area contributed by atoms with E-state index in [2.05, 4.69) is 29.6 Å². The van der Waals surface area contributed by atoms with Crippen LogP contribution in [0.5, 0.6) is 0 Å². The van der Waals surface area contributed by atoms with Crippen LogP contribution in [-0.2, 0) is 16.0 Å². The second-order valence-electron chi connectivity index (χ2n) is 7.89. The Bertz CT molecular complexity index is 1140. The third-order valence-corrected chi connectivity index (χ3v) is 5.92. The SMILES string of the molecule is CCN(C#N)C(=O)C(Cc1ccccc1)NC(=O)OCC1c2ccccc2-c2ccccc21. The van der Waals surface area contributed by atoms with Crippen LogP contribution in [0.3, 0.4) is 0 Å². The number of hydrogen-bond donors (Lipinski definition) is 1. The molecule has 1 aliphatic carbocycles. The number of alkyl carbamates (subject to hydrolysis) is 1. The summed E-state index contributed by atoms with van der Waals surface area (Å²) < 4.78 is 5.60. The largest absolute Gasteiger partial charge is 0.449 e. The predicted molar refractivity (Wildman–Crippen MR) is 125 cm³/mol. The van der Waals surface area contributed by atoms with Crippen LogP contribution in [0, 0.1) is 11.5 Å². The first-order valence-corrected chi connectivity index (χ1v) is 11.0. The highest BCUT2D eigenvalue weighted by molar-refractivity contribution is 5.87. The van der Waals surface area contributed by atoms with Crippen LogP contribution in [0.2, 0.25) is 0 Å². The van der Waals surface area contributed by atoms with Gasteiger partial charge in [-0.3, -0.25) is 4.79 Å². The van der Waals surface area contributed by atoms with Gasteiger partial charge in [0, 0.05) is 18.9 Å². The first-order valence-electron chi connectivity index (χ1n) is 11.0. The molecule has 0 saturated carbocycles. The van der Waals surface area contributed by atoms with Gasteiger partial charge in [0.1, 0.15) is 12.6 Å². The minimum Gasteiger partial charge on any atom is -0.449 e. The number of likely N-dealkylation sites (N-methyl/N-ethyl adjacent to an activating group) is 1. The summed E-state index contributed by atoms with van der Waals surface area (Å²) >= 11 is 0. The van der Waals surface area contributed by atoms with Gasteiger partial charge < -0.3 is 10.1 Å². The molecule has 0 spiro atoms. The lowest BCUT2D eigenvalue weighted by Crippen LogP contribution is -2.48. The van der Waals surface area contributed by atoms with Gasteiger partial charge in [0.05, 0.1) is 0 Å². The monoisotopic (exact) mass is 439 g/mol. The molecule has 1 atom stereocenters. The quantitative estimate of drug-likeness (QED) is 0.435. The lowest BCUT2D eigenvalue weighted by atomic mass is 9.98. The fourth-order valence-electron chi connectivity index (χ4n) is 4.30. The first kappa shape index (κ1) is 22.1. The van der Waals surface area contributed by atoms with E-state index in [9.17, 15) is 14.9 Å². The molecule has 166 valence electrons. The Kier molecular flexibility index (Phi) is 6.70. The van der Waals surface area contributed by atoms with Crippen LogP contribution in [0.15, 0.2) is 78.9 Å². The van der Waals surface area contributed by atoms with Crippen molar-refractivity contribution in [3.8, 4) is 17.3 Å². The van der Waals surface area contributed by atoms with Gasteiger partial charge in [-0.1, -0.05) is 78.9 Å². The number of fused-ring (bicyclic) bond motifs is 3. The van der Waals surface area contributed by atoms with Gasteiger partial charge >= 0.3 is 6.09 Å². The summed E-state index contributed by atoms with van der Waals surface area (Å²) in [5, 5.41) is 12.0. The van der Waals surface area contributed by atoms with Crippen molar-refractivity contribution in [2.45, 2.75) is 25.3 Å². The predicted octanol–water partition coefficient (Wildman–Crippen LogP) is 4.47. The Labute approximate surface area is 193 Å². The molecule has 0 bridgehead atoms. The van der Waals surface area contributed by atoms with Crippen molar-refractivity contribution in [1.82, 2.24) is 10.2 Å². The lowest BCUT2D eigenvalue weighted by molar-refractivity contribution is -0.130. The highest BCUT2D eigenvalue weighted by Crippen LogP contribution is 2.44. The highest BCUT2D eigenvalue weighted by atomic mass is 16.5. The Morgan fingerprint density at radius 1 is 0.970 bits per heavy atom. The summed E-state index contributed by atoms with van der Waals surface area (Å²) in [6.07, 6.45) is 1.47. The minimum absolute atomic E-state index is 0.0716. The van der Waals surface area contributed by atoms with Crippen LogP contribution >= 0.6 is 0 Å². The maximum absolute atomic E-state index is 12.9. The van der Waals surface area contributed by atoms with Crippen LogP contribution in [-0.4, -0.2) is 36.1 Å². The number of nitriles is 1. The second kappa shape index (κ2) is 10.0. The molecule has 2 amide bonds. The van der Waals surface area contributed by atoms with Crippen LogP contribution in [0.4, 0.5) is 4.79 Å². The first-order chi connectivity index (χ1) is 16.1. The molecule has 0 saturated heterocycles. The van der Waals surface area contributed by atoms with Crippen LogP contribution in [0.25, 0.3) is 11.1 Å². The zero-order valence-electron chi connectivity index (χ0n) is 18.4. The van der Waals surface area contributed by atoms with E-state index < -0.39 is 18.0 Å². The number of ether oxygens (including phenoxy) is 1. The molecule has 0 fully saturated rings. The Balaban J connectivity index is 1.48. The van der Waals surface area contributed by atoms with E-state index in [-0.39, 0.29) is 25.5 Å². The van der Waals surface area contributed by atoms with E-state index in [4.69, 9.17) is 4.74 Å². The lowest BCUT2D eigenvalue weighted by Gasteiger charge is -2.22. The van der Waals surface area contributed by atoms with Crippen molar-refractivity contribution in [2.75, 3.05) is 13.2 Å². The van der Waals surface area contributed by atoms with E-state index in [1.54, 1.807) is 6.92 Å². The molecule has 4 rings (SSSR count). The maximum atomic E-state index is 12.9. The number of benzene rings is 3. The molecular weight excluding hydrogens is 414 g/mol. The average molecular weight is 440 g/mol. The molecule has 3 aromatic carbocycles. The zero-order valence-corrected chi connectivity index (χ0v) is 18.4. The van der Waals surface area contributed by atoms with Crippen LogP contribution in [0.1, 0.15) is 29.5 Å². The third kappa shape index (κ3) is 4.73. The molecule has 1 aliphatic rings. The molecule has 1 unspecified atom stereocenters. The topological polar surface area (TPSA) is 82.4 Å². The van der Waals surface area contributed by atoms with Gasteiger partial charge in [-0.15, -0.1) is 0 Å².